The van der Waals surface area contributed by atoms with Gasteiger partial charge in [0.2, 0.25) is 0 Å². The average Bonchev–Trinajstić information content (AvgIpc) is 2.37. The number of nitrogens with zero attached hydrogens (tertiary/aromatic N) is 1. The van der Waals surface area contributed by atoms with Crippen LogP contribution in [-0.4, -0.2) is 35.6 Å². The SMILES string of the molecule is Cc1cccc(C(CN2CCCCC2)C(=O)O)c1. The maximum atomic E-state index is 11.5. The molecule has 0 aromatic heterocycles. The summed E-state index contributed by atoms with van der Waals surface area (Å²) in [5.74, 6) is -1.12. The molecule has 1 aliphatic rings. The van der Waals surface area contributed by atoms with Gasteiger partial charge in [-0.3, -0.25) is 4.79 Å². The standard InChI is InChI=1S/C15H21NO2/c1-12-6-5-7-13(10-12)14(15(17)18)11-16-8-3-2-4-9-16/h5-7,10,14H,2-4,8-9,11H2,1H3,(H,17,18). The van der Waals surface area contributed by atoms with Gasteiger partial charge >= 0.3 is 5.97 Å². The molecule has 1 fully saturated rings. The zero-order valence-electron chi connectivity index (χ0n) is 10.9. The van der Waals surface area contributed by atoms with Gasteiger partial charge in [-0.25, -0.2) is 0 Å². The first-order chi connectivity index (χ1) is 8.66. The van der Waals surface area contributed by atoms with Crippen molar-refractivity contribution >= 4 is 5.97 Å². The molecule has 1 N–H and O–H groups in total. The number of benzene rings is 1. The second-order valence-electron chi connectivity index (χ2n) is 5.17. The van der Waals surface area contributed by atoms with Gasteiger partial charge < -0.3 is 10.0 Å². The molecule has 1 atom stereocenters. The van der Waals surface area contributed by atoms with Crippen LogP contribution in [0.2, 0.25) is 0 Å². The van der Waals surface area contributed by atoms with Crippen LogP contribution in [0, 0.1) is 6.92 Å². The van der Waals surface area contributed by atoms with E-state index < -0.39 is 11.9 Å². The van der Waals surface area contributed by atoms with Crippen LogP contribution in [0.25, 0.3) is 0 Å². The Morgan fingerprint density at radius 2 is 2.06 bits per heavy atom. The molecule has 1 unspecified atom stereocenters. The number of likely N-dealkylation sites (tertiary alicyclic amines) is 1. The molecule has 3 heteroatoms. The van der Waals surface area contributed by atoms with E-state index in [1.807, 2.05) is 31.2 Å². The summed E-state index contributed by atoms with van der Waals surface area (Å²) in [6.07, 6.45) is 3.67. The lowest BCUT2D eigenvalue weighted by molar-refractivity contribution is -0.139. The van der Waals surface area contributed by atoms with Crippen LogP contribution in [0.1, 0.15) is 36.3 Å². The lowest BCUT2D eigenvalue weighted by Gasteiger charge is -2.29. The van der Waals surface area contributed by atoms with E-state index in [2.05, 4.69) is 4.90 Å². The summed E-state index contributed by atoms with van der Waals surface area (Å²) in [6.45, 7) is 4.72. The van der Waals surface area contributed by atoms with E-state index in [1.54, 1.807) is 0 Å². The van der Waals surface area contributed by atoms with Crippen molar-refractivity contribution < 1.29 is 9.90 Å². The van der Waals surface area contributed by atoms with Crippen LogP contribution in [0.15, 0.2) is 24.3 Å². The third-order valence-corrected chi connectivity index (χ3v) is 3.63. The number of carbonyl (C=O) groups is 1. The zero-order valence-corrected chi connectivity index (χ0v) is 10.9. The van der Waals surface area contributed by atoms with Gasteiger partial charge in [-0.15, -0.1) is 0 Å². The first-order valence-corrected chi connectivity index (χ1v) is 6.68. The highest BCUT2D eigenvalue weighted by Crippen LogP contribution is 2.21. The smallest absolute Gasteiger partial charge is 0.312 e. The van der Waals surface area contributed by atoms with E-state index in [0.29, 0.717) is 6.54 Å². The molecule has 0 saturated carbocycles. The van der Waals surface area contributed by atoms with E-state index in [4.69, 9.17) is 0 Å². The van der Waals surface area contributed by atoms with Gasteiger partial charge in [0.15, 0.2) is 0 Å². The largest absolute Gasteiger partial charge is 0.481 e. The second kappa shape index (κ2) is 6.01. The fourth-order valence-electron chi connectivity index (χ4n) is 2.61. The Morgan fingerprint density at radius 1 is 1.33 bits per heavy atom. The van der Waals surface area contributed by atoms with E-state index in [9.17, 15) is 9.90 Å². The molecule has 0 spiro atoms. The number of aliphatic carboxylic acids is 1. The highest BCUT2D eigenvalue weighted by Gasteiger charge is 2.23. The molecule has 1 saturated heterocycles. The lowest BCUT2D eigenvalue weighted by Crippen LogP contribution is -2.35. The van der Waals surface area contributed by atoms with E-state index in [0.717, 1.165) is 24.2 Å². The van der Waals surface area contributed by atoms with Crippen molar-refractivity contribution in [3.05, 3.63) is 35.4 Å². The Morgan fingerprint density at radius 3 is 2.67 bits per heavy atom. The molecule has 1 aromatic carbocycles. The Hall–Kier alpha value is -1.35. The molecule has 1 heterocycles. The summed E-state index contributed by atoms with van der Waals surface area (Å²) < 4.78 is 0. The molecule has 0 bridgehead atoms. The number of hydrogen-bond acceptors (Lipinski definition) is 2. The van der Waals surface area contributed by atoms with E-state index in [1.165, 1.54) is 19.3 Å². The molecular formula is C15H21NO2. The average molecular weight is 247 g/mol. The summed E-state index contributed by atoms with van der Waals surface area (Å²) in [7, 11) is 0. The van der Waals surface area contributed by atoms with E-state index in [-0.39, 0.29) is 0 Å². The molecular weight excluding hydrogens is 226 g/mol. The Labute approximate surface area is 108 Å². The molecule has 3 nitrogen and oxygen atoms in total. The third kappa shape index (κ3) is 3.33. The van der Waals surface area contributed by atoms with E-state index >= 15 is 0 Å². The monoisotopic (exact) mass is 247 g/mol. The fourth-order valence-corrected chi connectivity index (χ4v) is 2.61. The van der Waals surface area contributed by atoms with Crippen molar-refractivity contribution in [3.63, 3.8) is 0 Å². The Kier molecular flexibility index (Phi) is 4.37. The minimum absolute atomic E-state index is 0.400. The first kappa shape index (κ1) is 13.1. The van der Waals surface area contributed by atoms with Crippen molar-refractivity contribution in [3.8, 4) is 0 Å². The quantitative estimate of drug-likeness (QED) is 0.889. The third-order valence-electron chi connectivity index (χ3n) is 3.63. The topological polar surface area (TPSA) is 40.5 Å². The lowest BCUT2D eigenvalue weighted by atomic mass is 9.96. The second-order valence-corrected chi connectivity index (χ2v) is 5.17. The molecule has 0 amide bonds. The summed E-state index contributed by atoms with van der Waals surface area (Å²) in [4.78, 5) is 13.7. The Bertz CT molecular complexity index is 411. The molecule has 98 valence electrons. The Balaban J connectivity index is 2.10. The van der Waals surface area contributed by atoms with Crippen LogP contribution in [-0.2, 0) is 4.79 Å². The van der Waals surface area contributed by atoms with Gasteiger partial charge in [-0.2, -0.15) is 0 Å². The van der Waals surface area contributed by atoms with Gasteiger partial charge in [0.1, 0.15) is 0 Å². The van der Waals surface area contributed by atoms with Crippen LogP contribution in [0.4, 0.5) is 0 Å². The van der Waals surface area contributed by atoms with Gasteiger partial charge in [0.05, 0.1) is 5.92 Å². The number of hydrogen-bond donors (Lipinski definition) is 1. The number of aryl methyl sites for hydroxylation is 1. The van der Waals surface area contributed by atoms with Crippen molar-refractivity contribution in [2.75, 3.05) is 19.6 Å². The summed E-state index contributed by atoms with van der Waals surface area (Å²) in [5.41, 5.74) is 2.05. The minimum Gasteiger partial charge on any atom is -0.481 e. The van der Waals surface area contributed by atoms with Crippen molar-refractivity contribution in [2.24, 2.45) is 0 Å². The molecule has 1 aromatic rings. The van der Waals surface area contributed by atoms with Crippen LogP contribution < -0.4 is 0 Å². The van der Waals surface area contributed by atoms with Crippen molar-refractivity contribution in [1.82, 2.24) is 4.90 Å². The maximum absolute atomic E-state index is 11.5. The normalized spacial score (nSPS) is 18.5. The van der Waals surface area contributed by atoms with Crippen LogP contribution >= 0.6 is 0 Å². The van der Waals surface area contributed by atoms with Gasteiger partial charge in [0, 0.05) is 6.54 Å². The minimum atomic E-state index is -0.717. The van der Waals surface area contributed by atoms with Crippen molar-refractivity contribution in [1.29, 1.82) is 0 Å². The summed E-state index contributed by atoms with van der Waals surface area (Å²) in [6, 6.07) is 7.86. The zero-order chi connectivity index (χ0) is 13.0. The number of rotatable bonds is 4. The summed E-state index contributed by atoms with van der Waals surface area (Å²) >= 11 is 0. The molecule has 2 rings (SSSR count). The number of carboxylic acid groups (broad SMARTS) is 1. The highest BCUT2D eigenvalue weighted by atomic mass is 16.4. The fraction of sp³-hybridized carbons (Fsp3) is 0.533. The van der Waals surface area contributed by atoms with Crippen molar-refractivity contribution in [2.45, 2.75) is 32.1 Å². The summed E-state index contributed by atoms with van der Waals surface area (Å²) in [5, 5.41) is 9.42. The van der Waals surface area contributed by atoms with Gasteiger partial charge in [-0.1, -0.05) is 36.2 Å². The predicted molar refractivity (Wildman–Crippen MR) is 71.8 cm³/mol. The molecule has 1 aliphatic heterocycles. The van der Waals surface area contributed by atoms with Gasteiger partial charge in [-0.05, 0) is 38.4 Å². The molecule has 0 radical (unpaired) electrons. The highest BCUT2D eigenvalue weighted by molar-refractivity contribution is 5.76. The number of carboxylic acids is 1. The van der Waals surface area contributed by atoms with Gasteiger partial charge in [0.25, 0.3) is 0 Å². The molecule has 18 heavy (non-hydrogen) atoms. The predicted octanol–water partition coefficient (Wildman–Crippen LogP) is 2.65. The van der Waals surface area contributed by atoms with Crippen LogP contribution in [0.5, 0.6) is 0 Å². The van der Waals surface area contributed by atoms with Crippen LogP contribution in [0.3, 0.4) is 0 Å². The maximum Gasteiger partial charge on any atom is 0.312 e. The number of piperidine rings is 1. The first-order valence-electron chi connectivity index (χ1n) is 6.68. The molecule has 0 aliphatic carbocycles.